The van der Waals surface area contributed by atoms with Crippen molar-refractivity contribution in [3.8, 4) is 11.5 Å². The maximum Gasteiger partial charge on any atom is 0.335 e. The molecule has 1 atom stereocenters. The number of hydrogen-bond donors (Lipinski definition) is 3. The summed E-state index contributed by atoms with van der Waals surface area (Å²) in [6.07, 6.45) is 2.70. The van der Waals surface area contributed by atoms with Crippen molar-refractivity contribution in [2.75, 3.05) is 26.1 Å². The molecule has 0 spiro atoms. The zero-order chi connectivity index (χ0) is 27.4. The first-order chi connectivity index (χ1) is 19.0. The molecule has 0 bridgehead atoms. The highest BCUT2D eigenvalue weighted by atomic mass is 16.5. The number of fused-ring (bicyclic) bond motifs is 2. The van der Waals surface area contributed by atoms with Gasteiger partial charge in [0, 0.05) is 11.9 Å². The highest BCUT2D eigenvalue weighted by Crippen LogP contribution is 2.36. The number of carboxylic acids is 1. The number of aromatic nitrogens is 1. The third-order valence-electron chi connectivity index (χ3n) is 6.68. The number of rotatable bonds is 9. The number of nitrogens with one attached hydrogen (secondary N) is 1. The van der Waals surface area contributed by atoms with Crippen LogP contribution in [0.2, 0.25) is 0 Å². The van der Waals surface area contributed by atoms with Crippen LogP contribution in [0.15, 0.2) is 96.7 Å². The maximum atomic E-state index is 11.6. The lowest BCUT2D eigenvalue weighted by Crippen LogP contribution is -2.13. The van der Waals surface area contributed by atoms with Gasteiger partial charge < -0.3 is 25.0 Å². The van der Waals surface area contributed by atoms with Crippen LogP contribution in [0, 0.1) is 0 Å². The van der Waals surface area contributed by atoms with E-state index in [1.54, 1.807) is 44.7 Å². The van der Waals surface area contributed by atoms with Crippen molar-refractivity contribution >= 4 is 39.4 Å². The highest BCUT2D eigenvalue weighted by Gasteiger charge is 2.17. The highest BCUT2D eigenvalue weighted by molar-refractivity contribution is 5.90. The first kappa shape index (κ1) is 25.8. The van der Waals surface area contributed by atoms with Crippen molar-refractivity contribution in [1.29, 1.82) is 0 Å². The first-order valence-corrected chi connectivity index (χ1v) is 12.4. The van der Waals surface area contributed by atoms with Gasteiger partial charge in [-0.2, -0.15) is 0 Å². The molecular weight excluding hydrogens is 492 g/mol. The van der Waals surface area contributed by atoms with Crippen LogP contribution in [-0.4, -0.2) is 41.9 Å². The predicted octanol–water partition coefficient (Wildman–Crippen LogP) is 6.33. The molecule has 0 aliphatic heterocycles. The number of ether oxygens (including phenoxy) is 2. The van der Waals surface area contributed by atoms with Crippen molar-refractivity contribution in [1.82, 2.24) is 4.98 Å². The average Bonchev–Trinajstić information content (AvgIpc) is 2.98. The molecule has 4 aromatic carbocycles. The lowest BCUT2D eigenvalue weighted by Gasteiger charge is -2.19. The van der Waals surface area contributed by atoms with Gasteiger partial charge in [0.1, 0.15) is 6.10 Å². The molecule has 0 radical (unpaired) electrons. The molecule has 1 unspecified atom stereocenters. The van der Waals surface area contributed by atoms with Crippen LogP contribution < -0.4 is 14.8 Å². The van der Waals surface area contributed by atoms with E-state index in [0.717, 1.165) is 38.5 Å². The van der Waals surface area contributed by atoms with Crippen LogP contribution in [0.4, 0.5) is 5.69 Å². The van der Waals surface area contributed by atoms with E-state index in [2.05, 4.69) is 10.3 Å². The van der Waals surface area contributed by atoms with Gasteiger partial charge in [-0.25, -0.2) is 4.79 Å². The summed E-state index contributed by atoms with van der Waals surface area (Å²) in [7, 11) is 3.18. The van der Waals surface area contributed by atoms with Crippen LogP contribution in [0.1, 0.15) is 27.6 Å². The van der Waals surface area contributed by atoms with Gasteiger partial charge in [-0.3, -0.25) is 4.98 Å². The third-order valence-corrected chi connectivity index (χ3v) is 6.68. The van der Waals surface area contributed by atoms with Gasteiger partial charge in [-0.15, -0.1) is 0 Å². The Balaban J connectivity index is 1.52. The molecule has 5 aromatic rings. The number of carbonyl (C=O) groups is 1. The summed E-state index contributed by atoms with van der Waals surface area (Å²) in [5, 5.41) is 27.1. The molecule has 1 aromatic heterocycles. The Labute approximate surface area is 226 Å². The lowest BCUT2D eigenvalue weighted by atomic mass is 9.94. The Morgan fingerprint density at radius 1 is 0.949 bits per heavy atom. The van der Waals surface area contributed by atoms with Gasteiger partial charge in [0.25, 0.3) is 0 Å². The Hall–Kier alpha value is -4.88. The number of aromatic carboxylic acids is 1. The van der Waals surface area contributed by atoms with E-state index in [9.17, 15) is 15.0 Å². The number of benzene rings is 4. The summed E-state index contributed by atoms with van der Waals surface area (Å²) in [5.41, 5.74) is 3.97. The molecule has 196 valence electrons. The minimum atomic E-state index is -0.987. The Morgan fingerprint density at radius 3 is 2.46 bits per heavy atom. The molecule has 0 amide bonds. The standard InChI is InChI=1S/C32H28N2O5/c1-38-29-15-14-28-27(31(29)39-2)17-24(19-34-28)33-18-23(16-20-10-12-22(13-11-20)32(36)37)30(35)26-9-5-7-21-6-3-4-8-25(21)26/h3-17,19,30,33,35H,18H2,1-2H3,(H,36,37). The zero-order valence-electron chi connectivity index (χ0n) is 21.6. The Morgan fingerprint density at radius 2 is 1.72 bits per heavy atom. The van der Waals surface area contributed by atoms with E-state index in [-0.39, 0.29) is 5.56 Å². The van der Waals surface area contributed by atoms with Crippen molar-refractivity contribution in [2.24, 2.45) is 0 Å². The van der Waals surface area contributed by atoms with Crippen LogP contribution >= 0.6 is 0 Å². The second-order valence-corrected chi connectivity index (χ2v) is 9.06. The second kappa shape index (κ2) is 11.2. The molecule has 7 heteroatoms. The van der Waals surface area contributed by atoms with Gasteiger partial charge >= 0.3 is 5.97 Å². The van der Waals surface area contributed by atoms with Crippen LogP contribution in [0.5, 0.6) is 11.5 Å². The van der Waals surface area contributed by atoms with Gasteiger partial charge in [0.15, 0.2) is 11.5 Å². The number of aliphatic hydroxyl groups is 1. The summed E-state index contributed by atoms with van der Waals surface area (Å²) in [6.45, 7) is 0.310. The topological polar surface area (TPSA) is 101 Å². The number of hydrogen-bond acceptors (Lipinski definition) is 6. The van der Waals surface area contributed by atoms with Gasteiger partial charge in [-0.1, -0.05) is 60.7 Å². The molecule has 39 heavy (non-hydrogen) atoms. The largest absolute Gasteiger partial charge is 0.493 e. The summed E-state index contributed by atoms with van der Waals surface area (Å²) in [6, 6.07) is 26.0. The summed E-state index contributed by atoms with van der Waals surface area (Å²) < 4.78 is 11.0. The molecule has 1 heterocycles. The smallest absolute Gasteiger partial charge is 0.335 e. The fourth-order valence-electron chi connectivity index (χ4n) is 4.68. The summed E-state index contributed by atoms with van der Waals surface area (Å²) in [5.74, 6) is 0.219. The SMILES string of the molecule is COc1ccc2ncc(NCC(=Cc3ccc(C(=O)O)cc3)C(O)c3cccc4ccccc34)cc2c1OC. The summed E-state index contributed by atoms with van der Waals surface area (Å²) >= 11 is 0. The van der Waals surface area contributed by atoms with Crippen LogP contribution in [0.3, 0.4) is 0 Å². The van der Waals surface area contributed by atoms with Crippen molar-refractivity contribution < 1.29 is 24.5 Å². The minimum Gasteiger partial charge on any atom is -0.493 e. The Kier molecular flexibility index (Phi) is 7.43. The van der Waals surface area contributed by atoms with Gasteiger partial charge in [0.05, 0.1) is 37.2 Å². The minimum absolute atomic E-state index is 0.202. The van der Waals surface area contributed by atoms with Crippen molar-refractivity contribution in [2.45, 2.75) is 6.10 Å². The molecule has 0 aliphatic rings. The lowest BCUT2D eigenvalue weighted by molar-refractivity contribution is 0.0697. The van der Waals surface area contributed by atoms with E-state index in [1.807, 2.05) is 66.7 Å². The third kappa shape index (κ3) is 5.39. The normalized spacial score (nSPS) is 12.3. The molecule has 0 fully saturated rings. The first-order valence-electron chi connectivity index (χ1n) is 12.4. The molecule has 3 N–H and O–H groups in total. The number of pyridine rings is 1. The molecule has 0 aliphatic carbocycles. The quantitative estimate of drug-likeness (QED) is 0.209. The van der Waals surface area contributed by atoms with Crippen molar-refractivity contribution in [3.63, 3.8) is 0 Å². The second-order valence-electron chi connectivity index (χ2n) is 9.06. The zero-order valence-corrected chi connectivity index (χ0v) is 21.6. The van der Waals surface area contributed by atoms with Gasteiger partial charge in [0.2, 0.25) is 0 Å². The number of methoxy groups -OCH3 is 2. The van der Waals surface area contributed by atoms with E-state index in [0.29, 0.717) is 23.6 Å². The fourth-order valence-corrected chi connectivity index (χ4v) is 4.68. The Bertz CT molecular complexity index is 1670. The number of aliphatic hydroxyl groups excluding tert-OH is 1. The molecule has 5 rings (SSSR count). The van der Waals surface area contributed by atoms with E-state index in [1.165, 1.54) is 0 Å². The fraction of sp³-hybridized carbons (Fsp3) is 0.125. The monoisotopic (exact) mass is 520 g/mol. The number of carboxylic acid groups (broad SMARTS) is 1. The molecule has 0 saturated heterocycles. The van der Waals surface area contributed by atoms with E-state index >= 15 is 0 Å². The number of nitrogens with zero attached hydrogens (tertiary/aromatic N) is 1. The van der Waals surface area contributed by atoms with E-state index in [4.69, 9.17) is 9.47 Å². The van der Waals surface area contributed by atoms with Gasteiger partial charge in [-0.05, 0) is 57.8 Å². The number of anilines is 1. The maximum absolute atomic E-state index is 11.6. The molecule has 0 saturated carbocycles. The predicted molar refractivity (Wildman–Crippen MR) is 154 cm³/mol. The van der Waals surface area contributed by atoms with Crippen LogP contribution in [0.25, 0.3) is 27.8 Å². The molecular formula is C32H28N2O5. The van der Waals surface area contributed by atoms with Crippen LogP contribution in [-0.2, 0) is 0 Å². The van der Waals surface area contributed by atoms with E-state index < -0.39 is 12.1 Å². The van der Waals surface area contributed by atoms with Crippen molar-refractivity contribution in [3.05, 3.63) is 113 Å². The molecule has 7 nitrogen and oxygen atoms in total. The average molecular weight is 521 g/mol. The summed E-state index contributed by atoms with van der Waals surface area (Å²) in [4.78, 5) is 15.9.